The molecule has 0 bridgehead atoms. The molecule has 0 amide bonds. The highest BCUT2D eigenvalue weighted by Crippen LogP contribution is 2.49. The Kier molecular flexibility index (Phi) is 19.0. The zero-order valence-electron chi connectivity index (χ0n) is 23.4. The number of rotatable bonds is 23. The number of phosphoric ester groups is 1. The Bertz CT molecular complexity index is 578. The fourth-order valence-electron chi connectivity index (χ4n) is 4.73. The van der Waals surface area contributed by atoms with Crippen LogP contribution in [0.5, 0.6) is 0 Å². The van der Waals surface area contributed by atoms with Gasteiger partial charge in [0.2, 0.25) is 0 Å². The number of aliphatic hydroxyl groups excluding tert-OH is 1. The molecule has 0 aromatic carbocycles. The summed E-state index contributed by atoms with van der Waals surface area (Å²) in [7, 11) is 1.93. The van der Waals surface area contributed by atoms with Crippen molar-refractivity contribution < 1.29 is 33.1 Å². The van der Waals surface area contributed by atoms with Crippen LogP contribution in [0.3, 0.4) is 0 Å². The maximum absolute atomic E-state index is 12.4. The number of ether oxygens (including phenoxy) is 2. The average Bonchev–Trinajstić information content (AvgIpc) is 3.05. The van der Waals surface area contributed by atoms with Crippen molar-refractivity contribution in [2.24, 2.45) is 5.92 Å². The van der Waals surface area contributed by atoms with Crippen molar-refractivity contribution in [3.05, 3.63) is 0 Å². The van der Waals surface area contributed by atoms with Gasteiger partial charge in [0.25, 0.3) is 0 Å². The lowest BCUT2D eigenvalue weighted by Crippen LogP contribution is -2.38. The van der Waals surface area contributed by atoms with Gasteiger partial charge in [0.05, 0.1) is 12.2 Å². The lowest BCUT2D eigenvalue weighted by atomic mass is 9.91. The van der Waals surface area contributed by atoms with E-state index < -0.39 is 38.2 Å². The molecule has 0 aliphatic carbocycles. The van der Waals surface area contributed by atoms with Crippen molar-refractivity contribution in [1.29, 1.82) is 0 Å². The van der Waals surface area contributed by atoms with Crippen molar-refractivity contribution in [2.75, 3.05) is 13.2 Å². The quantitative estimate of drug-likeness (QED) is 0.0862. The highest BCUT2D eigenvalue weighted by molar-refractivity contribution is 7.47. The molecule has 1 unspecified atom stereocenters. The van der Waals surface area contributed by atoms with Crippen molar-refractivity contribution in [2.45, 2.75) is 154 Å². The van der Waals surface area contributed by atoms with E-state index >= 15 is 0 Å². The van der Waals surface area contributed by atoms with Gasteiger partial charge in [-0.25, -0.2) is 4.57 Å². The number of unbranched alkanes of at least 4 members (excludes halogenated alkanes) is 13. The van der Waals surface area contributed by atoms with Crippen LogP contribution in [-0.2, 0) is 23.1 Å². The van der Waals surface area contributed by atoms with Gasteiger partial charge in [-0.2, -0.15) is 0 Å². The Balaban J connectivity index is 2.20. The van der Waals surface area contributed by atoms with Crippen molar-refractivity contribution in [1.82, 2.24) is 0 Å². The third-order valence-electron chi connectivity index (χ3n) is 6.51. The van der Waals surface area contributed by atoms with Gasteiger partial charge in [-0.05, 0) is 39.0 Å². The predicted molar refractivity (Wildman–Crippen MR) is 146 cm³/mol. The maximum Gasteiger partial charge on any atom is 0.472 e. The Morgan fingerprint density at radius 2 is 1.28 bits per heavy atom. The number of phosphoric acid groups is 1. The molecule has 36 heavy (non-hydrogen) atoms. The third kappa shape index (κ3) is 16.1. The largest absolute Gasteiger partial charge is 0.472 e. The summed E-state index contributed by atoms with van der Waals surface area (Å²) in [4.78, 5) is 10.2. The van der Waals surface area contributed by atoms with Crippen LogP contribution in [0, 0.1) is 5.92 Å². The van der Waals surface area contributed by atoms with E-state index in [1.165, 1.54) is 64.2 Å². The summed E-state index contributed by atoms with van der Waals surface area (Å²) in [6.45, 7) is 8.35. The Labute approximate surface area is 222 Å². The van der Waals surface area contributed by atoms with Gasteiger partial charge < -0.3 is 19.5 Å². The number of hydrogen-bond donors (Lipinski definition) is 2. The van der Waals surface area contributed by atoms with Crippen LogP contribution in [0.1, 0.15) is 124 Å². The molecular weight excluding hydrogens is 478 g/mol. The SMILES string of the molecule is [B][C@@H]1O[C@H](CC(C)C)[C@@H](OP(=O)(O)OC(C)C)[C@H]1OCCCCCCCCCCCCCCCCO. The molecule has 1 aliphatic heterocycles. The van der Waals surface area contributed by atoms with E-state index in [1.54, 1.807) is 13.8 Å². The molecule has 9 heteroatoms. The predicted octanol–water partition coefficient (Wildman–Crippen LogP) is 6.68. The molecule has 2 N–H and O–H groups in total. The molecule has 2 radical (unpaired) electrons. The minimum Gasteiger partial charge on any atom is -0.396 e. The Hall–Kier alpha value is 0.0549. The topological polar surface area (TPSA) is 94.5 Å². The van der Waals surface area contributed by atoms with Gasteiger partial charge in [0, 0.05) is 19.2 Å². The van der Waals surface area contributed by atoms with Crippen LogP contribution in [-0.4, -0.2) is 61.5 Å². The lowest BCUT2D eigenvalue weighted by Gasteiger charge is -2.27. The van der Waals surface area contributed by atoms with Gasteiger partial charge in [0.1, 0.15) is 20.1 Å². The van der Waals surface area contributed by atoms with Gasteiger partial charge >= 0.3 is 7.82 Å². The van der Waals surface area contributed by atoms with E-state index in [9.17, 15) is 9.46 Å². The summed E-state index contributed by atoms with van der Waals surface area (Å²) >= 11 is 0. The van der Waals surface area contributed by atoms with E-state index in [1.807, 2.05) is 0 Å². The van der Waals surface area contributed by atoms with Crippen LogP contribution in [0.25, 0.3) is 0 Å². The molecule has 7 nitrogen and oxygen atoms in total. The van der Waals surface area contributed by atoms with Crippen LogP contribution < -0.4 is 0 Å². The molecule has 212 valence electrons. The molecule has 1 heterocycles. The normalized spacial score (nSPS) is 24.1. The van der Waals surface area contributed by atoms with Crippen molar-refractivity contribution >= 4 is 15.7 Å². The maximum atomic E-state index is 12.4. The van der Waals surface area contributed by atoms with E-state index in [-0.39, 0.29) is 0 Å². The summed E-state index contributed by atoms with van der Waals surface area (Å²) < 4.78 is 35.0. The van der Waals surface area contributed by atoms with Crippen LogP contribution in [0.2, 0.25) is 0 Å². The first-order valence-corrected chi connectivity index (χ1v) is 16.0. The van der Waals surface area contributed by atoms with E-state index in [0.717, 1.165) is 25.7 Å². The standard InChI is InChI=1S/C27H54BO7P/c1-22(2)21-24-25(35-36(30,31)34-23(3)4)26(27(28)33-24)32-20-18-16-14-12-10-8-6-5-7-9-11-13-15-17-19-29/h22-27,29H,5-21H2,1-4H3,(H,30,31)/t24-,25-,26-,27-/m1/s1. The second kappa shape index (κ2) is 20.0. The third-order valence-corrected chi connectivity index (χ3v) is 7.71. The summed E-state index contributed by atoms with van der Waals surface area (Å²) in [6, 6.07) is -0.696. The lowest BCUT2D eigenvalue weighted by molar-refractivity contribution is -0.0302. The molecule has 0 saturated carbocycles. The van der Waals surface area contributed by atoms with E-state index in [2.05, 4.69) is 13.8 Å². The first-order valence-electron chi connectivity index (χ1n) is 14.5. The Morgan fingerprint density at radius 1 is 0.806 bits per heavy atom. The van der Waals surface area contributed by atoms with Crippen LogP contribution in [0.15, 0.2) is 0 Å². The smallest absolute Gasteiger partial charge is 0.396 e. The second-order valence-corrected chi connectivity index (χ2v) is 12.3. The van der Waals surface area contributed by atoms with Crippen molar-refractivity contribution in [3.8, 4) is 0 Å². The molecule has 1 aliphatic rings. The highest BCUT2D eigenvalue weighted by Gasteiger charge is 2.47. The number of aliphatic hydroxyl groups is 1. The molecule has 0 aromatic rings. The summed E-state index contributed by atoms with van der Waals surface area (Å²) in [5, 5.41) is 8.78. The Morgan fingerprint density at radius 3 is 1.72 bits per heavy atom. The summed E-state index contributed by atoms with van der Waals surface area (Å²) in [5.74, 6) is 0.318. The first kappa shape index (κ1) is 34.1. The highest BCUT2D eigenvalue weighted by atomic mass is 31.2. The zero-order valence-corrected chi connectivity index (χ0v) is 24.3. The van der Waals surface area contributed by atoms with Crippen LogP contribution >= 0.6 is 7.82 Å². The average molecular weight is 533 g/mol. The first-order chi connectivity index (χ1) is 17.2. The summed E-state index contributed by atoms with van der Waals surface area (Å²) in [6.07, 6.45) is 15.5. The van der Waals surface area contributed by atoms with Gasteiger partial charge in [-0.15, -0.1) is 0 Å². The van der Waals surface area contributed by atoms with Crippen LogP contribution in [0.4, 0.5) is 0 Å². The molecule has 5 atom stereocenters. The van der Waals surface area contributed by atoms with Gasteiger partial charge in [-0.3, -0.25) is 9.05 Å². The molecule has 1 saturated heterocycles. The molecule has 1 rings (SSSR count). The second-order valence-electron chi connectivity index (χ2n) is 11.0. The minimum atomic E-state index is -4.24. The zero-order chi connectivity index (χ0) is 26.8. The van der Waals surface area contributed by atoms with Gasteiger partial charge in [-0.1, -0.05) is 90.9 Å². The number of hydrogen-bond acceptors (Lipinski definition) is 6. The monoisotopic (exact) mass is 532 g/mol. The van der Waals surface area contributed by atoms with Crippen molar-refractivity contribution in [3.63, 3.8) is 0 Å². The van der Waals surface area contributed by atoms with Gasteiger partial charge in [0.15, 0.2) is 0 Å². The fraction of sp³-hybridized carbons (Fsp3) is 1.00. The summed E-state index contributed by atoms with van der Waals surface area (Å²) in [5.41, 5.74) is 0. The molecule has 0 spiro atoms. The molecular formula is C27H54BO7P. The van der Waals surface area contributed by atoms with E-state index in [0.29, 0.717) is 25.6 Å². The minimum absolute atomic E-state index is 0.318. The molecule has 0 aromatic heterocycles. The fourth-order valence-corrected chi connectivity index (χ4v) is 5.87. The molecule has 1 fully saturated rings. The van der Waals surface area contributed by atoms with E-state index in [4.69, 9.17) is 31.5 Å².